The van der Waals surface area contributed by atoms with Gasteiger partial charge in [0.25, 0.3) is 5.91 Å². The third kappa shape index (κ3) is 3.01. The van der Waals surface area contributed by atoms with Crippen molar-refractivity contribution in [2.45, 2.75) is 13.0 Å². The Labute approximate surface area is 127 Å². The van der Waals surface area contributed by atoms with Gasteiger partial charge in [0.1, 0.15) is 6.33 Å². The van der Waals surface area contributed by atoms with E-state index in [9.17, 15) is 4.79 Å². The van der Waals surface area contributed by atoms with Crippen molar-refractivity contribution in [3.8, 4) is 5.69 Å². The van der Waals surface area contributed by atoms with Gasteiger partial charge in [-0.3, -0.25) is 4.79 Å². The number of tetrazole rings is 1. The Morgan fingerprint density at radius 3 is 2.68 bits per heavy atom. The van der Waals surface area contributed by atoms with Crippen LogP contribution in [0.15, 0.2) is 60.9 Å². The maximum absolute atomic E-state index is 12.4. The summed E-state index contributed by atoms with van der Waals surface area (Å²) in [6.07, 6.45) is 1.49. The molecule has 1 unspecified atom stereocenters. The van der Waals surface area contributed by atoms with Crippen molar-refractivity contribution in [2.75, 3.05) is 0 Å². The van der Waals surface area contributed by atoms with E-state index in [1.54, 1.807) is 18.2 Å². The first-order valence-electron chi connectivity index (χ1n) is 6.93. The monoisotopic (exact) mass is 293 g/mol. The smallest absolute Gasteiger partial charge is 0.251 e. The average Bonchev–Trinajstić information content (AvgIpc) is 3.10. The molecule has 1 amide bonds. The van der Waals surface area contributed by atoms with Crippen LogP contribution >= 0.6 is 0 Å². The second kappa shape index (κ2) is 6.17. The van der Waals surface area contributed by atoms with Crippen molar-refractivity contribution in [2.24, 2.45) is 0 Å². The summed E-state index contributed by atoms with van der Waals surface area (Å²) in [7, 11) is 0. The topological polar surface area (TPSA) is 72.7 Å². The number of hydrogen-bond donors (Lipinski definition) is 1. The largest absolute Gasteiger partial charge is 0.346 e. The van der Waals surface area contributed by atoms with E-state index in [0.717, 1.165) is 11.3 Å². The molecule has 3 aromatic rings. The van der Waals surface area contributed by atoms with Gasteiger partial charge in [0.15, 0.2) is 0 Å². The summed E-state index contributed by atoms with van der Waals surface area (Å²) >= 11 is 0. The first-order chi connectivity index (χ1) is 10.7. The summed E-state index contributed by atoms with van der Waals surface area (Å²) in [5, 5.41) is 14.0. The molecule has 0 spiro atoms. The van der Waals surface area contributed by atoms with Crippen LogP contribution in [0.2, 0.25) is 0 Å². The molecule has 3 rings (SSSR count). The molecule has 0 bridgehead atoms. The second-order valence-corrected chi connectivity index (χ2v) is 4.91. The van der Waals surface area contributed by atoms with E-state index in [4.69, 9.17) is 0 Å². The maximum Gasteiger partial charge on any atom is 0.251 e. The number of benzene rings is 2. The minimum absolute atomic E-state index is 0.0645. The fourth-order valence-corrected chi connectivity index (χ4v) is 2.17. The van der Waals surface area contributed by atoms with E-state index in [0.29, 0.717) is 5.56 Å². The molecule has 0 fully saturated rings. The fourth-order valence-electron chi connectivity index (χ4n) is 2.17. The Morgan fingerprint density at radius 2 is 1.95 bits per heavy atom. The van der Waals surface area contributed by atoms with Crippen LogP contribution in [0, 0.1) is 0 Å². The predicted molar refractivity (Wildman–Crippen MR) is 81.5 cm³/mol. The maximum atomic E-state index is 12.4. The van der Waals surface area contributed by atoms with Crippen molar-refractivity contribution < 1.29 is 4.79 Å². The van der Waals surface area contributed by atoms with Crippen LogP contribution in [0.5, 0.6) is 0 Å². The molecular formula is C16H15N5O. The van der Waals surface area contributed by atoms with E-state index in [-0.39, 0.29) is 11.9 Å². The zero-order chi connectivity index (χ0) is 15.4. The fraction of sp³-hybridized carbons (Fsp3) is 0.125. The van der Waals surface area contributed by atoms with Crippen LogP contribution in [-0.4, -0.2) is 26.1 Å². The van der Waals surface area contributed by atoms with Gasteiger partial charge >= 0.3 is 0 Å². The highest BCUT2D eigenvalue weighted by Crippen LogP contribution is 2.14. The zero-order valence-corrected chi connectivity index (χ0v) is 12.0. The number of nitrogens with one attached hydrogen (secondary N) is 1. The van der Waals surface area contributed by atoms with E-state index in [2.05, 4.69) is 20.8 Å². The first-order valence-corrected chi connectivity index (χ1v) is 6.93. The lowest BCUT2D eigenvalue weighted by Crippen LogP contribution is -2.26. The minimum atomic E-state index is -0.133. The summed E-state index contributed by atoms with van der Waals surface area (Å²) in [6, 6.07) is 16.9. The van der Waals surface area contributed by atoms with E-state index in [1.165, 1.54) is 11.0 Å². The molecule has 1 heterocycles. The highest BCUT2D eigenvalue weighted by atomic mass is 16.1. The number of amides is 1. The van der Waals surface area contributed by atoms with Crippen LogP contribution in [0.1, 0.15) is 28.9 Å². The highest BCUT2D eigenvalue weighted by molar-refractivity contribution is 5.94. The SMILES string of the molecule is CC(NC(=O)c1cccc(-n2cnnn2)c1)c1ccccc1. The van der Waals surface area contributed by atoms with Gasteiger partial charge in [-0.15, -0.1) is 5.10 Å². The van der Waals surface area contributed by atoms with Crippen molar-refractivity contribution in [3.63, 3.8) is 0 Å². The molecule has 110 valence electrons. The minimum Gasteiger partial charge on any atom is -0.346 e. The van der Waals surface area contributed by atoms with Crippen LogP contribution in [-0.2, 0) is 0 Å². The Morgan fingerprint density at radius 1 is 1.14 bits per heavy atom. The summed E-state index contributed by atoms with van der Waals surface area (Å²) in [5.41, 5.74) is 2.37. The molecule has 0 aliphatic heterocycles. The molecule has 6 heteroatoms. The number of carbonyl (C=O) groups excluding carboxylic acids is 1. The quantitative estimate of drug-likeness (QED) is 0.800. The zero-order valence-electron chi connectivity index (χ0n) is 12.0. The number of carbonyl (C=O) groups is 1. The number of hydrogen-bond acceptors (Lipinski definition) is 4. The third-order valence-corrected chi connectivity index (χ3v) is 3.37. The lowest BCUT2D eigenvalue weighted by atomic mass is 10.1. The number of rotatable bonds is 4. The molecule has 0 aliphatic carbocycles. The van der Waals surface area contributed by atoms with Crippen LogP contribution in [0.25, 0.3) is 5.69 Å². The standard InChI is InChI=1S/C16H15N5O/c1-12(13-6-3-2-4-7-13)18-16(22)14-8-5-9-15(10-14)21-11-17-19-20-21/h2-12H,1H3,(H,18,22). The van der Waals surface area contributed by atoms with Gasteiger partial charge < -0.3 is 5.32 Å². The molecule has 0 saturated heterocycles. The molecule has 0 radical (unpaired) electrons. The van der Waals surface area contributed by atoms with Crippen molar-refractivity contribution >= 4 is 5.91 Å². The Bertz CT molecular complexity index is 755. The van der Waals surface area contributed by atoms with Crippen LogP contribution in [0.3, 0.4) is 0 Å². The van der Waals surface area contributed by atoms with Crippen LogP contribution in [0.4, 0.5) is 0 Å². The van der Waals surface area contributed by atoms with Gasteiger partial charge in [0, 0.05) is 5.56 Å². The Balaban J connectivity index is 1.77. The summed E-state index contributed by atoms with van der Waals surface area (Å²) in [5.74, 6) is -0.133. The summed E-state index contributed by atoms with van der Waals surface area (Å²) in [6.45, 7) is 1.96. The Hall–Kier alpha value is -3.02. The number of nitrogens with zero attached hydrogens (tertiary/aromatic N) is 4. The summed E-state index contributed by atoms with van der Waals surface area (Å²) in [4.78, 5) is 12.4. The lowest BCUT2D eigenvalue weighted by Gasteiger charge is -2.14. The normalized spacial score (nSPS) is 11.9. The highest BCUT2D eigenvalue weighted by Gasteiger charge is 2.12. The molecule has 6 nitrogen and oxygen atoms in total. The van der Waals surface area contributed by atoms with Gasteiger partial charge in [-0.1, -0.05) is 36.4 Å². The van der Waals surface area contributed by atoms with Crippen LogP contribution < -0.4 is 5.32 Å². The predicted octanol–water partition coefficient (Wildman–Crippen LogP) is 2.15. The van der Waals surface area contributed by atoms with Gasteiger partial charge in [0.2, 0.25) is 0 Å². The Kier molecular flexibility index (Phi) is 3.91. The summed E-state index contributed by atoms with van der Waals surface area (Å²) < 4.78 is 1.51. The molecule has 0 saturated carbocycles. The average molecular weight is 293 g/mol. The van der Waals surface area contributed by atoms with E-state index in [1.807, 2.05) is 43.3 Å². The molecule has 2 aromatic carbocycles. The van der Waals surface area contributed by atoms with E-state index >= 15 is 0 Å². The molecule has 1 N–H and O–H groups in total. The van der Waals surface area contributed by atoms with Crippen molar-refractivity contribution in [1.82, 2.24) is 25.5 Å². The van der Waals surface area contributed by atoms with Gasteiger partial charge in [-0.25, -0.2) is 4.68 Å². The number of aromatic nitrogens is 4. The lowest BCUT2D eigenvalue weighted by molar-refractivity contribution is 0.0940. The molecule has 0 aliphatic rings. The molecular weight excluding hydrogens is 278 g/mol. The van der Waals surface area contributed by atoms with Gasteiger partial charge in [-0.2, -0.15) is 0 Å². The van der Waals surface area contributed by atoms with Gasteiger partial charge in [-0.05, 0) is 41.1 Å². The van der Waals surface area contributed by atoms with E-state index < -0.39 is 0 Å². The molecule has 22 heavy (non-hydrogen) atoms. The molecule has 1 aromatic heterocycles. The van der Waals surface area contributed by atoms with Gasteiger partial charge in [0.05, 0.1) is 11.7 Å². The second-order valence-electron chi connectivity index (χ2n) is 4.91. The molecule has 1 atom stereocenters. The van der Waals surface area contributed by atoms with Crippen molar-refractivity contribution in [1.29, 1.82) is 0 Å². The third-order valence-electron chi connectivity index (χ3n) is 3.37. The van der Waals surface area contributed by atoms with Crippen molar-refractivity contribution in [3.05, 3.63) is 72.1 Å². The first kappa shape index (κ1) is 13.9.